The average molecular weight is 718 g/mol. The van der Waals surface area contributed by atoms with Gasteiger partial charge in [-0.05, 0) is 81.5 Å². The molecule has 5 saturated carbocycles. The SMILES string of the molecule is CC(C)(C)[C@H](NC(=O)NC1(CS(=O)(=O)C(C)(C)C)CCCCC1)C(=O)N1C[C@H]2[C@@H]([C@H]1C(=O)N[C@H](CC1CC1)C1(NC3CC3)C(=O)C1=O)C2(C)C. The molecule has 280 valence electrons. The molecule has 13 heteroatoms. The van der Waals surface area contributed by atoms with E-state index in [1.54, 1.807) is 25.7 Å². The van der Waals surface area contributed by atoms with E-state index in [-0.39, 0.29) is 40.9 Å². The molecule has 1 aliphatic heterocycles. The molecule has 0 radical (unpaired) electrons. The molecule has 0 aromatic rings. The number of likely N-dealkylation sites (tertiary alicyclic amines) is 1. The number of fused-ring (bicyclic) bond motifs is 1. The average Bonchev–Trinajstić information content (AvgIpc) is 3.95. The smallest absolute Gasteiger partial charge is 0.315 e. The van der Waals surface area contributed by atoms with Crippen LogP contribution in [0.5, 0.6) is 0 Å². The van der Waals surface area contributed by atoms with Gasteiger partial charge in [0.05, 0.1) is 22.1 Å². The fraction of sp³-hybridized carbons (Fsp3) is 0.865. The number of urea groups is 1. The standard InChI is InChI=1S/C37H59N5O7S/c1-33(2,3)27(39-32(47)41-36(16-10-9-11-17-36)20-50(48,49)34(4,5)6)31(46)42-19-23-25(35(23,7)8)26(42)30(45)38-24(18-21-12-13-21)37(28(43)29(37)44)40-22-14-15-22/h21-27,40H,9-20H2,1-8H3,(H,38,45)(H2,39,41,47)/t23-,24+,25-,26-,27+/m0/s1. The highest BCUT2D eigenvalue weighted by Gasteiger charge is 2.73. The number of ketones is 2. The van der Waals surface area contributed by atoms with Crippen molar-refractivity contribution in [1.29, 1.82) is 0 Å². The highest BCUT2D eigenvalue weighted by molar-refractivity contribution is 7.92. The minimum absolute atomic E-state index is 0.0893. The maximum atomic E-state index is 14.6. The third-order valence-electron chi connectivity index (χ3n) is 12.7. The first-order valence-corrected chi connectivity index (χ1v) is 20.5. The second-order valence-corrected chi connectivity index (χ2v) is 21.9. The molecule has 0 aromatic heterocycles. The lowest BCUT2D eigenvalue weighted by Gasteiger charge is -2.41. The fourth-order valence-corrected chi connectivity index (χ4v) is 10.3. The Morgan fingerprint density at radius 1 is 0.900 bits per heavy atom. The summed E-state index contributed by atoms with van der Waals surface area (Å²) in [6.45, 7) is 15.1. The van der Waals surface area contributed by atoms with Crippen molar-refractivity contribution in [2.45, 2.75) is 160 Å². The molecule has 4 N–H and O–H groups in total. The molecule has 6 aliphatic rings. The summed E-state index contributed by atoms with van der Waals surface area (Å²) in [5.41, 5.74) is -3.24. The Balaban J connectivity index is 1.22. The van der Waals surface area contributed by atoms with Gasteiger partial charge in [0, 0.05) is 12.6 Å². The van der Waals surface area contributed by atoms with Crippen LogP contribution in [0.1, 0.15) is 120 Å². The third-order valence-corrected chi connectivity index (χ3v) is 15.5. The first kappa shape index (κ1) is 37.2. The Labute approximate surface area is 297 Å². The van der Waals surface area contributed by atoms with E-state index < -0.39 is 66.8 Å². The van der Waals surface area contributed by atoms with Crippen molar-refractivity contribution in [1.82, 2.24) is 26.2 Å². The summed E-state index contributed by atoms with van der Waals surface area (Å²) in [4.78, 5) is 70.1. The van der Waals surface area contributed by atoms with E-state index in [0.717, 1.165) is 44.9 Å². The molecular weight excluding hydrogens is 659 g/mol. The van der Waals surface area contributed by atoms with Gasteiger partial charge in [-0.15, -0.1) is 0 Å². The largest absolute Gasteiger partial charge is 0.349 e. The molecule has 0 bridgehead atoms. The van der Waals surface area contributed by atoms with Crippen LogP contribution in [0.4, 0.5) is 4.79 Å². The lowest BCUT2D eigenvalue weighted by Crippen LogP contribution is -2.64. The maximum absolute atomic E-state index is 14.6. The van der Waals surface area contributed by atoms with Crippen molar-refractivity contribution < 1.29 is 32.4 Å². The number of hydrogen-bond acceptors (Lipinski definition) is 8. The minimum Gasteiger partial charge on any atom is -0.349 e. The van der Waals surface area contributed by atoms with Crippen LogP contribution in [0.25, 0.3) is 0 Å². The van der Waals surface area contributed by atoms with Crippen molar-refractivity contribution in [2.75, 3.05) is 12.3 Å². The van der Waals surface area contributed by atoms with Crippen molar-refractivity contribution in [3.05, 3.63) is 0 Å². The maximum Gasteiger partial charge on any atom is 0.315 e. The lowest BCUT2D eigenvalue weighted by atomic mass is 9.83. The van der Waals surface area contributed by atoms with Crippen LogP contribution >= 0.6 is 0 Å². The van der Waals surface area contributed by atoms with Crippen molar-refractivity contribution in [3.8, 4) is 0 Å². The van der Waals surface area contributed by atoms with Crippen LogP contribution in [0, 0.1) is 28.6 Å². The van der Waals surface area contributed by atoms with Gasteiger partial charge in [0.25, 0.3) is 0 Å². The van der Waals surface area contributed by atoms with Crippen molar-refractivity contribution >= 4 is 39.2 Å². The molecule has 0 aromatic carbocycles. The molecule has 0 unspecified atom stereocenters. The molecule has 0 spiro atoms. The van der Waals surface area contributed by atoms with Crippen LogP contribution in [0.15, 0.2) is 0 Å². The number of nitrogens with one attached hydrogen (secondary N) is 4. The zero-order chi connectivity index (χ0) is 36.8. The molecule has 12 nitrogen and oxygen atoms in total. The molecule has 5 aliphatic carbocycles. The molecule has 6 fully saturated rings. The first-order chi connectivity index (χ1) is 23.0. The second-order valence-electron chi connectivity index (χ2n) is 19.1. The predicted octanol–water partition coefficient (Wildman–Crippen LogP) is 3.03. The highest BCUT2D eigenvalue weighted by atomic mass is 32.2. The Bertz CT molecular complexity index is 1530. The Hall–Kier alpha value is -2.54. The van der Waals surface area contributed by atoms with Gasteiger partial charge >= 0.3 is 6.03 Å². The van der Waals surface area contributed by atoms with E-state index in [4.69, 9.17) is 0 Å². The van der Waals surface area contributed by atoms with Crippen LogP contribution in [0.2, 0.25) is 0 Å². The number of hydrogen-bond donors (Lipinski definition) is 4. The molecule has 6 rings (SSSR count). The number of sulfone groups is 1. The molecule has 1 saturated heterocycles. The van der Waals surface area contributed by atoms with Gasteiger partial charge in [0.2, 0.25) is 23.4 Å². The summed E-state index contributed by atoms with van der Waals surface area (Å²) in [5.74, 6) is -1.55. The van der Waals surface area contributed by atoms with Gasteiger partial charge in [-0.3, -0.25) is 24.5 Å². The monoisotopic (exact) mass is 717 g/mol. The number of carbonyl (C=O) groups is 5. The molecule has 50 heavy (non-hydrogen) atoms. The zero-order valence-electron chi connectivity index (χ0n) is 31.2. The fourth-order valence-electron chi connectivity index (χ4n) is 8.78. The number of carbonyl (C=O) groups excluding carboxylic acids is 5. The lowest BCUT2D eigenvalue weighted by molar-refractivity contribution is -0.144. The van der Waals surface area contributed by atoms with E-state index in [2.05, 4.69) is 35.1 Å². The molecule has 4 amide bonds. The van der Waals surface area contributed by atoms with Gasteiger partial charge in [-0.2, -0.15) is 0 Å². The summed E-state index contributed by atoms with van der Waals surface area (Å²) < 4.78 is 25.7. The minimum atomic E-state index is -3.56. The van der Waals surface area contributed by atoms with Crippen LogP contribution in [0.3, 0.4) is 0 Å². The van der Waals surface area contributed by atoms with Gasteiger partial charge < -0.3 is 20.9 Å². The second kappa shape index (κ2) is 12.3. The van der Waals surface area contributed by atoms with E-state index in [9.17, 15) is 32.4 Å². The van der Waals surface area contributed by atoms with Gasteiger partial charge in [0.15, 0.2) is 15.4 Å². The van der Waals surface area contributed by atoms with Gasteiger partial charge in [0.1, 0.15) is 12.1 Å². The van der Waals surface area contributed by atoms with Crippen LogP contribution in [-0.4, -0.2) is 95.0 Å². The van der Waals surface area contributed by atoms with Crippen LogP contribution in [-0.2, 0) is 29.0 Å². The summed E-state index contributed by atoms with van der Waals surface area (Å²) in [6.07, 6.45) is 7.89. The number of amides is 4. The number of Topliss-reactive ketones (excluding diaryl/α,β-unsaturated/α-hetero) is 2. The summed E-state index contributed by atoms with van der Waals surface area (Å²) in [7, 11) is -3.56. The predicted molar refractivity (Wildman–Crippen MR) is 189 cm³/mol. The Kier molecular flexibility index (Phi) is 9.13. The quantitative estimate of drug-likeness (QED) is 0.176. The summed E-state index contributed by atoms with van der Waals surface area (Å²) in [6, 6.07) is -3.01. The van der Waals surface area contributed by atoms with E-state index in [0.29, 0.717) is 31.7 Å². The number of rotatable bonds is 12. The highest BCUT2D eigenvalue weighted by Crippen LogP contribution is 2.65. The van der Waals surface area contributed by atoms with Crippen molar-refractivity contribution in [3.63, 3.8) is 0 Å². The van der Waals surface area contributed by atoms with Gasteiger partial charge in [-0.1, -0.05) is 66.7 Å². The van der Waals surface area contributed by atoms with E-state index >= 15 is 0 Å². The number of piperidine rings is 1. The molecule has 5 atom stereocenters. The van der Waals surface area contributed by atoms with E-state index in [1.165, 1.54) is 0 Å². The normalized spacial score (nSPS) is 29.4. The Morgan fingerprint density at radius 2 is 1.50 bits per heavy atom. The number of nitrogens with zero attached hydrogens (tertiary/aromatic N) is 1. The first-order valence-electron chi connectivity index (χ1n) is 18.8. The molecule has 1 heterocycles. The van der Waals surface area contributed by atoms with Gasteiger partial charge in [-0.25, -0.2) is 13.2 Å². The Morgan fingerprint density at radius 3 is 2.00 bits per heavy atom. The zero-order valence-corrected chi connectivity index (χ0v) is 32.1. The summed E-state index contributed by atoms with van der Waals surface area (Å²) >= 11 is 0. The third kappa shape index (κ3) is 6.86. The van der Waals surface area contributed by atoms with Crippen LogP contribution < -0.4 is 21.3 Å². The van der Waals surface area contributed by atoms with Crippen molar-refractivity contribution in [2.24, 2.45) is 28.6 Å². The summed E-state index contributed by atoms with van der Waals surface area (Å²) in [5, 5.41) is 12.3. The topological polar surface area (TPSA) is 171 Å². The van der Waals surface area contributed by atoms with E-state index in [1.807, 2.05) is 20.8 Å². The molecular formula is C37H59N5O7S.